The lowest BCUT2D eigenvalue weighted by Crippen LogP contribution is -2.42. The number of halogens is 1. The number of hydrogen-bond acceptors (Lipinski definition) is 3. The molecular weight excluding hydrogens is 324 g/mol. The lowest BCUT2D eigenvalue weighted by atomic mass is 9.71. The minimum absolute atomic E-state index is 0.119. The first kappa shape index (κ1) is 14.1. The van der Waals surface area contributed by atoms with Crippen LogP contribution in [0.5, 0.6) is 0 Å². The zero-order chi connectivity index (χ0) is 14.5. The van der Waals surface area contributed by atoms with E-state index in [1.807, 2.05) is 14.0 Å². The molecular formula is C14H19BrN2O3. The summed E-state index contributed by atoms with van der Waals surface area (Å²) in [5.74, 6) is -0.740. The van der Waals surface area contributed by atoms with Gasteiger partial charge >= 0.3 is 5.97 Å². The van der Waals surface area contributed by atoms with Gasteiger partial charge in [0.15, 0.2) is 0 Å². The SMILES string of the molecule is CCc1nn(C)c(CC2(C(=O)O)CC3CCC2O3)c1Br. The molecule has 0 saturated carbocycles. The molecule has 20 heavy (non-hydrogen) atoms. The van der Waals surface area contributed by atoms with Gasteiger partial charge in [0.25, 0.3) is 0 Å². The maximum atomic E-state index is 11.9. The highest BCUT2D eigenvalue weighted by atomic mass is 79.9. The molecule has 6 heteroatoms. The highest BCUT2D eigenvalue weighted by Gasteiger charge is 2.57. The van der Waals surface area contributed by atoms with Gasteiger partial charge in [-0.2, -0.15) is 5.10 Å². The molecule has 5 nitrogen and oxygen atoms in total. The second kappa shape index (κ2) is 4.84. The van der Waals surface area contributed by atoms with Crippen molar-refractivity contribution in [1.82, 2.24) is 9.78 Å². The van der Waals surface area contributed by atoms with E-state index in [9.17, 15) is 9.90 Å². The van der Waals surface area contributed by atoms with Crippen LogP contribution in [0.3, 0.4) is 0 Å². The van der Waals surface area contributed by atoms with E-state index in [1.54, 1.807) is 4.68 Å². The van der Waals surface area contributed by atoms with Gasteiger partial charge < -0.3 is 9.84 Å². The summed E-state index contributed by atoms with van der Waals surface area (Å²) in [6.45, 7) is 2.05. The molecule has 110 valence electrons. The minimum atomic E-state index is -0.787. The summed E-state index contributed by atoms with van der Waals surface area (Å²) in [5, 5.41) is 14.2. The number of carboxylic acids is 1. The Balaban J connectivity index is 1.96. The van der Waals surface area contributed by atoms with E-state index in [1.165, 1.54) is 0 Å². The van der Waals surface area contributed by atoms with E-state index in [2.05, 4.69) is 21.0 Å². The number of carbonyl (C=O) groups is 1. The van der Waals surface area contributed by atoms with E-state index < -0.39 is 11.4 Å². The normalized spacial score (nSPS) is 31.9. The molecule has 2 aliphatic rings. The summed E-state index contributed by atoms with van der Waals surface area (Å²) in [6, 6.07) is 0. The van der Waals surface area contributed by atoms with Crippen molar-refractivity contribution in [1.29, 1.82) is 0 Å². The molecule has 0 spiro atoms. The van der Waals surface area contributed by atoms with Gasteiger partial charge in [0.2, 0.25) is 0 Å². The maximum absolute atomic E-state index is 11.9. The van der Waals surface area contributed by atoms with E-state index in [0.29, 0.717) is 12.8 Å². The molecule has 3 heterocycles. The van der Waals surface area contributed by atoms with Crippen molar-refractivity contribution in [3.63, 3.8) is 0 Å². The van der Waals surface area contributed by atoms with Gasteiger partial charge in [-0.25, -0.2) is 0 Å². The Morgan fingerprint density at radius 3 is 2.80 bits per heavy atom. The second-order valence-corrected chi connectivity index (χ2v) is 6.64. The number of nitrogens with zero attached hydrogens (tertiary/aromatic N) is 2. The zero-order valence-electron chi connectivity index (χ0n) is 11.7. The van der Waals surface area contributed by atoms with Crippen LogP contribution in [-0.4, -0.2) is 33.1 Å². The van der Waals surface area contributed by atoms with Crippen molar-refractivity contribution in [2.24, 2.45) is 12.5 Å². The molecule has 3 atom stereocenters. The molecule has 3 rings (SSSR count). The number of rotatable bonds is 4. The number of aliphatic carboxylic acids is 1. The topological polar surface area (TPSA) is 64.4 Å². The summed E-state index contributed by atoms with van der Waals surface area (Å²) < 4.78 is 8.56. The largest absolute Gasteiger partial charge is 0.481 e. The van der Waals surface area contributed by atoms with Crippen molar-refractivity contribution in [2.75, 3.05) is 0 Å². The Hall–Kier alpha value is -0.880. The standard InChI is InChI=1S/C14H19BrN2O3/c1-3-9-12(15)10(17(2)16-9)7-14(13(18)19)6-8-4-5-11(14)20-8/h8,11H,3-7H2,1-2H3,(H,18,19). The van der Waals surface area contributed by atoms with Gasteiger partial charge in [-0.3, -0.25) is 9.48 Å². The third-order valence-electron chi connectivity index (χ3n) is 4.73. The number of ether oxygens (including phenoxy) is 1. The van der Waals surface area contributed by atoms with E-state index in [4.69, 9.17) is 4.74 Å². The Labute approximate surface area is 126 Å². The van der Waals surface area contributed by atoms with Crippen LogP contribution in [0.4, 0.5) is 0 Å². The first-order chi connectivity index (χ1) is 9.48. The molecule has 2 aliphatic heterocycles. The minimum Gasteiger partial charge on any atom is -0.481 e. The average Bonchev–Trinajstić information content (AvgIpc) is 3.07. The molecule has 1 aromatic heterocycles. The fraction of sp³-hybridized carbons (Fsp3) is 0.714. The van der Waals surface area contributed by atoms with Crippen LogP contribution < -0.4 is 0 Å². The molecule has 0 aliphatic carbocycles. The summed E-state index contributed by atoms with van der Waals surface area (Å²) in [6.07, 6.45) is 3.74. The van der Waals surface area contributed by atoms with Gasteiger partial charge in [-0.1, -0.05) is 6.92 Å². The van der Waals surface area contributed by atoms with Crippen LogP contribution in [0.1, 0.15) is 37.6 Å². The maximum Gasteiger partial charge on any atom is 0.312 e. The predicted octanol–water partition coefficient (Wildman–Crippen LogP) is 2.31. The number of fused-ring (bicyclic) bond motifs is 2. The van der Waals surface area contributed by atoms with Crippen LogP contribution in [0, 0.1) is 5.41 Å². The number of aromatic nitrogens is 2. The van der Waals surface area contributed by atoms with E-state index in [-0.39, 0.29) is 12.2 Å². The first-order valence-electron chi connectivity index (χ1n) is 7.07. The molecule has 1 N–H and O–H groups in total. The summed E-state index contributed by atoms with van der Waals surface area (Å²) >= 11 is 3.58. The highest BCUT2D eigenvalue weighted by molar-refractivity contribution is 9.10. The monoisotopic (exact) mass is 342 g/mol. The summed E-state index contributed by atoms with van der Waals surface area (Å²) in [5.41, 5.74) is 1.15. The number of aryl methyl sites for hydroxylation is 2. The van der Waals surface area contributed by atoms with E-state index >= 15 is 0 Å². The molecule has 0 amide bonds. The molecule has 2 fully saturated rings. The molecule has 0 aromatic carbocycles. The quantitative estimate of drug-likeness (QED) is 0.911. The predicted molar refractivity (Wildman–Crippen MR) is 76.6 cm³/mol. The fourth-order valence-electron chi connectivity index (χ4n) is 3.60. The van der Waals surface area contributed by atoms with Crippen LogP contribution >= 0.6 is 15.9 Å². The van der Waals surface area contributed by atoms with Crippen molar-refractivity contribution in [2.45, 2.75) is 51.2 Å². The zero-order valence-corrected chi connectivity index (χ0v) is 13.3. The van der Waals surface area contributed by atoms with Gasteiger partial charge in [-0.15, -0.1) is 0 Å². The smallest absolute Gasteiger partial charge is 0.312 e. The van der Waals surface area contributed by atoms with Gasteiger partial charge in [0.05, 0.1) is 28.1 Å². The van der Waals surface area contributed by atoms with Gasteiger partial charge in [0.1, 0.15) is 5.41 Å². The second-order valence-electron chi connectivity index (χ2n) is 5.85. The van der Waals surface area contributed by atoms with Crippen LogP contribution in [-0.2, 0) is 29.4 Å². The van der Waals surface area contributed by atoms with Gasteiger partial charge in [0, 0.05) is 13.5 Å². The average molecular weight is 343 g/mol. The summed E-state index contributed by atoms with van der Waals surface area (Å²) in [7, 11) is 1.88. The first-order valence-corrected chi connectivity index (χ1v) is 7.86. The Morgan fingerprint density at radius 1 is 1.60 bits per heavy atom. The van der Waals surface area contributed by atoms with Crippen LogP contribution in [0.25, 0.3) is 0 Å². The van der Waals surface area contributed by atoms with Crippen molar-refractivity contribution >= 4 is 21.9 Å². The molecule has 3 unspecified atom stereocenters. The lowest BCUT2D eigenvalue weighted by molar-refractivity contribution is -0.152. The van der Waals surface area contributed by atoms with Crippen molar-refractivity contribution in [3.8, 4) is 0 Å². The molecule has 2 bridgehead atoms. The molecule has 0 radical (unpaired) electrons. The van der Waals surface area contributed by atoms with Gasteiger partial charge in [-0.05, 0) is 41.6 Å². The van der Waals surface area contributed by atoms with Crippen LogP contribution in [0.15, 0.2) is 4.47 Å². The number of carboxylic acid groups (broad SMARTS) is 1. The lowest BCUT2D eigenvalue weighted by Gasteiger charge is -2.31. The van der Waals surface area contributed by atoms with Crippen LogP contribution in [0.2, 0.25) is 0 Å². The number of hydrogen-bond donors (Lipinski definition) is 1. The van der Waals surface area contributed by atoms with Crippen molar-refractivity contribution in [3.05, 3.63) is 15.9 Å². The van der Waals surface area contributed by atoms with Crippen molar-refractivity contribution < 1.29 is 14.6 Å². The summed E-state index contributed by atoms with van der Waals surface area (Å²) in [4.78, 5) is 11.9. The molecule has 1 aromatic rings. The molecule has 2 saturated heterocycles. The van der Waals surface area contributed by atoms with E-state index in [0.717, 1.165) is 35.1 Å². The Bertz CT molecular complexity index is 557. The third kappa shape index (κ3) is 1.92. The third-order valence-corrected chi connectivity index (χ3v) is 5.64. The Morgan fingerprint density at radius 2 is 2.35 bits per heavy atom. The fourth-order valence-corrected chi connectivity index (χ4v) is 4.35. The Kier molecular flexibility index (Phi) is 3.41. The highest BCUT2D eigenvalue weighted by Crippen LogP contribution is 2.50.